The van der Waals surface area contributed by atoms with Gasteiger partial charge in [0.25, 0.3) is 0 Å². The first-order chi connectivity index (χ1) is 30.7. The zero-order valence-corrected chi connectivity index (χ0v) is 33.7. The Labute approximate surface area is 359 Å². The minimum Gasteiger partial charge on any atom is -0.456 e. The summed E-state index contributed by atoms with van der Waals surface area (Å²) in [4.78, 5) is 0. The molecule has 0 amide bonds. The van der Waals surface area contributed by atoms with Crippen LogP contribution in [0.25, 0.3) is 127 Å². The molecule has 0 atom stereocenters. The highest BCUT2D eigenvalue weighted by Gasteiger charge is 2.25. The highest BCUT2D eigenvalue weighted by atomic mass is 16.3. The van der Waals surface area contributed by atoms with E-state index in [1.54, 1.807) is 0 Å². The topological polar surface area (TPSA) is 18.1 Å². The van der Waals surface area contributed by atoms with E-state index in [1.807, 2.05) is 6.07 Å². The molecular weight excluding hydrogens is 751 g/mol. The van der Waals surface area contributed by atoms with Crippen molar-refractivity contribution >= 4 is 43.7 Å². The van der Waals surface area contributed by atoms with Gasteiger partial charge in [-0.05, 0) is 145 Å². The Bertz CT molecular complexity index is 3750. The Morgan fingerprint density at radius 1 is 0.258 bits per heavy atom. The fraction of sp³-hybridized carbons (Fsp3) is 0. The molecule has 2 heteroatoms. The van der Waals surface area contributed by atoms with Crippen LogP contribution >= 0.6 is 0 Å². The van der Waals surface area contributed by atoms with Gasteiger partial charge in [0.1, 0.15) is 11.2 Å². The SMILES string of the molecule is c1ccc(-n2c3ccccc3c3cc(-c4cc(-c5ccc6oc7ccccc7c6c5)cc(-c5cccc6c5-c5ccccc5-c5ccccc5-c5ccccc5-6)c4)ccc32)cc1. The maximum atomic E-state index is 6.31. The molecule has 62 heavy (non-hydrogen) atoms. The van der Waals surface area contributed by atoms with E-state index >= 15 is 0 Å². The van der Waals surface area contributed by atoms with Gasteiger partial charge < -0.3 is 8.98 Å². The van der Waals surface area contributed by atoms with Crippen LogP contribution in [-0.2, 0) is 0 Å². The van der Waals surface area contributed by atoms with Crippen LogP contribution in [-0.4, -0.2) is 4.57 Å². The summed E-state index contributed by atoms with van der Waals surface area (Å²) in [5, 5.41) is 4.71. The predicted octanol–water partition coefficient (Wildman–Crippen LogP) is 16.7. The summed E-state index contributed by atoms with van der Waals surface area (Å²) < 4.78 is 8.69. The second-order valence-corrected chi connectivity index (χ2v) is 16.4. The van der Waals surface area contributed by atoms with Gasteiger partial charge in [-0.25, -0.2) is 0 Å². The van der Waals surface area contributed by atoms with Gasteiger partial charge in [-0.2, -0.15) is 0 Å². The van der Waals surface area contributed by atoms with Crippen LogP contribution in [0.3, 0.4) is 0 Å². The number of para-hydroxylation sites is 3. The number of benzene rings is 10. The molecule has 0 unspecified atom stereocenters. The van der Waals surface area contributed by atoms with Crippen LogP contribution in [0.2, 0.25) is 0 Å². The molecule has 1 aliphatic carbocycles. The summed E-state index contributed by atoms with van der Waals surface area (Å²) in [7, 11) is 0. The van der Waals surface area contributed by atoms with Crippen LogP contribution < -0.4 is 0 Å². The van der Waals surface area contributed by atoms with Crippen molar-refractivity contribution in [2.24, 2.45) is 0 Å². The summed E-state index contributed by atoms with van der Waals surface area (Å²) in [6, 6.07) is 82.2. The Kier molecular flexibility index (Phi) is 7.64. The van der Waals surface area contributed by atoms with E-state index in [0.717, 1.165) is 44.3 Å². The van der Waals surface area contributed by atoms with Gasteiger partial charge >= 0.3 is 0 Å². The monoisotopic (exact) mass is 787 g/mol. The number of rotatable bonds is 4. The Hall–Kier alpha value is -8.20. The lowest BCUT2D eigenvalue weighted by Crippen LogP contribution is -1.99. The second-order valence-electron chi connectivity index (χ2n) is 16.4. The van der Waals surface area contributed by atoms with Crippen molar-refractivity contribution in [1.29, 1.82) is 0 Å². The van der Waals surface area contributed by atoms with Gasteiger partial charge in [0.15, 0.2) is 0 Å². The third-order valence-electron chi connectivity index (χ3n) is 13.0. The first-order valence-electron chi connectivity index (χ1n) is 21.3. The maximum absolute atomic E-state index is 6.31. The summed E-state index contributed by atoms with van der Waals surface area (Å²) in [5.74, 6) is 0. The molecule has 2 nitrogen and oxygen atoms in total. The molecule has 0 spiro atoms. The molecular formula is C60H37NO. The molecule has 10 aromatic carbocycles. The molecule has 0 saturated carbocycles. The molecule has 0 saturated heterocycles. The van der Waals surface area contributed by atoms with Crippen LogP contribution in [0.4, 0.5) is 0 Å². The van der Waals surface area contributed by atoms with Crippen molar-refractivity contribution < 1.29 is 4.42 Å². The first-order valence-corrected chi connectivity index (χ1v) is 21.3. The molecule has 0 fully saturated rings. The summed E-state index contributed by atoms with van der Waals surface area (Å²) >= 11 is 0. The van der Waals surface area contributed by atoms with Gasteiger partial charge in [0.05, 0.1) is 11.0 Å². The van der Waals surface area contributed by atoms with E-state index in [9.17, 15) is 0 Å². The number of nitrogens with zero attached hydrogens (tertiary/aromatic N) is 1. The zero-order chi connectivity index (χ0) is 40.7. The Morgan fingerprint density at radius 2 is 0.742 bits per heavy atom. The smallest absolute Gasteiger partial charge is 0.135 e. The van der Waals surface area contributed by atoms with E-state index in [4.69, 9.17) is 4.42 Å². The molecule has 2 heterocycles. The zero-order valence-electron chi connectivity index (χ0n) is 33.7. The van der Waals surface area contributed by atoms with Crippen LogP contribution in [0.1, 0.15) is 0 Å². The highest BCUT2D eigenvalue weighted by Crippen LogP contribution is 2.51. The third-order valence-corrected chi connectivity index (χ3v) is 13.0. The third kappa shape index (κ3) is 5.30. The van der Waals surface area contributed by atoms with Gasteiger partial charge in [-0.1, -0.05) is 158 Å². The standard InChI is InChI=1S/C60H37NO/c1-2-15-43(16-3-1)61-56-27-12-10-22-50(56)54-36-38(29-31-57(54)61)40-33-41(39-30-32-59-55(37-39)51-23-11-13-28-58(51)62-59)35-42(34-40)44-25-14-26-53-49-20-7-6-19-47(49)45-17-4-5-18-46(45)48-21-8-9-24-52(48)60(44)53/h1-37H. The van der Waals surface area contributed by atoms with Gasteiger partial charge in [0.2, 0.25) is 0 Å². The maximum Gasteiger partial charge on any atom is 0.135 e. The van der Waals surface area contributed by atoms with Crippen LogP contribution in [0.15, 0.2) is 229 Å². The van der Waals surface area contributed by atoms with Crippen molar-refractivity contribution in [2.75, 3.05) is 0 Å². The fourth-order valence-electron chi connectivity index (χ4n) is 10.2. The molecule has 288 valence electrons. The molecule has 0 radical (unpaired) electrons. The minimum absolute atomic E-state index is 0.895. The molecule has 0 bridgehead atoms. The van der Waals surface area contributed by atoms with Crippen molar-refractivity contribution in [2.45, 2.75) is 0 Å². The fourth-order valence-corrected chi connectivity index (χ4v) is 10.2. The lowest BCUT2D eigenvalue weighted by Gasteiger charge is -2.25. The lowest BCUT2D eigenvalue weighted by molar-refractivity contribution is 0.669. The Morgan fingerprint density at radius 3 is 1.47 bits per heavy atom. The highest BCUT2D eigenvalue weighted by molar-refractivity contribution is 6.12. The molecule has 1 aliphatic rings. The molecule has 0 aliphatic heterocycles. The average molecular weight is 788 g/mol. The van der Waals surface area contributed by atoms with Crippen LogP contribution in [0.5, 0.6) is 0 Å². The number of aromatic nitrogens is 1. The number of hydrogen-bond donors (Lipinski definition) is 0. The van der Waals surface area contributed by atoms with Gasteiger partial charge in [-0.15, -0.1) is 0 Å². The number of fused-ring (bicyclic) bond motifs is 14. The Balaban J connectivity index is 1.09. The molecule has 13 rings (SSSR count). The largest absolute Gasteiger partial charge is 0.456 e. The average Bonchev–Trinajstić information content (AvgIpc) is 3.88. The van der Waals surface area contributed by atoms with Crippen molar-refractivity contribution in [3.05, 3.63) is 224 Å². The van der Waals surface area contributed by atoms with Crippen LogP contribution in [0, 0.1) is 0 Å². The normalized spacial score (nSPS) is 11.9. The molecule has 12 aromatic rings. The van der Waals surface area contributed by atoms with Crippen molar-refractivity contribution in [3.63, 3.8) is 0 Å². The predicted molar refractivity (Wildman–Crippen MR) is 260 cm³/mol. The van der Waals surface area contributed by atoms with E-state index in [-0.39, 0.29) is 0 Å². The minimum atomic E-state index is 0.895. The van der Waals surface area contributed by atoms with Gasteiger partial charge in [0, 0.05) is 27.2 Å². The molecule has 0 N–H and O–H groups in total. The number of hydrogen-bond acceptors (Lipinski definition) is 1. The molecule has 2 aromatic heterocycles. The summed E-state index contributed by atoms with van der Waals surface area (Å²) in [5.41, 5.74) is 22.3. The second kappa shape index (κ2) is 13.7. The summed E-state index contributed by atoms with van der Waals surface area (Å²) in [6.45, 7) is 0. The van der Waals surface area contributed by atoms with E-state index in [1.165, 1.54) is 83.0 Å². The van der Waals surface area contributed by atoms with E-state index < -0.39 is 0 Å². The van der Waals surface area contributed by atoms with Gasteiger partial charge in [-0.3, -0.25) is 0 Å². The lowest BCUT2D eigenvalue weighted by atomic mass is 9.78. The summed E-state index contributed by atoms with van der Waals surface area (Å²) in [6.07, 6.45) is 0. The van der Waals surface area contributed by atoms with E-state index in [0.29, 0.717) is 0 Å². The quantitative estimate of drug-likeness (QED) is 0.174. The first kappa shape index (κ1) is 34.6. The van der Waals surface area contributed by atoms with Crippen molar-refractivity contribution in [1.82, 2.24) is 4.57 Å². The number of furan rings is 1. The van der Waals surface area contributed by atoms with E-state index in [2.05, 4.69) is 223 Å². The van der Waals surface area contributed by atoms with Crippen molar-refractivity contribution in [3.8, 4) is 83.6 Å².